The van der Waals surface area contributed by atoms with Crippen molar-refractivity contribution in [3.8, 4) is 5.88 Å². The second kappa shape index (κ2) is 6.10. The molecule has 0 spiro atoms. The fourth-order valence-electron chi connectivity index (χ4n) is 2.15. The smallest absolute Gasteiger partial charge is 0.226 e. The summed E-state index contributed by atoms with van der Waals surface area (Å²) >= 11 is 1.98. The van der Waals surface area contributed by atoms with Gasteiger partial charge in [-0.2, -0.15) is 16.7 Å². The van der Waals surface area contributed by atoms with Gasteiger partial charge in [-0.05, 0) is 31.9 Å². The van der Waals surface area contributed by atoms with E-state index in [9.17, 15) is 0 Å². The van der Waals surface area contributed by atoms with Crippen molar-refractivity contribution in [3.05, 3.63) is 12.3 Å². The number of ether oxygens (including phenoxy) is 1. The summed E-state index contributed by atoms with van der Waals surface area (Å²) in [5, 5.41) is 4.22. The zero-order valence-electron chi connectivity index (χ0n) is 10.3. The summed E-state index contributed by atoms with van der Waals surface area (Å²) < 4.78 is 5.08. The van der Waals surface area contributed by atoms with Gasteiger partial charge < -0.3 is 10.1 Å². The van der Waals surface area contributed by atoms with Crippen LogP contribution in [0.4, 0.5) is 5.95 Å². The highest BCUT2D eigenvalue weighted by molar-refractivity contribution is 7.99. The van der Waals surface area contributed by atoms with E-state index in [1.807, 2.05) is 11.8 Å². The van der Waals surface area contributed by atoms with Crippen LogP contribution in [0.3, 0.4) is 0 Å². The third kappa shape index (κ3) is 3.49. The molecule has 0 unspecified atom stereocenters. The monoisotopic (exact) mass is 253 g/mol. The van der Waals surface area contributed by atoms with Gasteiger partial charge in [-0.1, -0.05) is 0 Å². The fraction of sp³-hybridized carbons (Fsp3) is 0.667. The van der Waals surface area contributed by atoms with Gasteiger partial charge in [0.25, 0.3) is 0 Å². The van der Waals surface area contributed by atoms with E-state index in [0.29, 0.717) is 17.9 Å². The Morgan fingerprint density at radius 1 is 1.35 bits per heavy atom. The number of methoxy groups -OCH3 is 1. The molecule has 94 valence electrons. The van der Waals surface area contributed by atoms with Crippen molar-refractivity contribution in [2.75, 3.05) is 18.7 Å². The Balaban J connectivity index is 1.88. The zero-order valence-corrected chi connectivity index (χ0v) is 11.2. The van der Waals surface area contributed by atoms with E-state index in [1.54, 1.807) is 19.4 Å². The van der Waals surface area contributed by atoms with Crippen molar-refractivity contribution in [1.82, 2.24) is 9.97 Å². The Morgan fingerprint density at radius 3 is 2.76 bits per heavy atom. The molecular formula is C12H19N3OS. The number of hydrogen-bond donors (Lipinski definition) is 1. The van der Waals surface area contributed by atoms with Crippen LogP contribution in [0.25, 0.3) is 0 Å². The molecule has 0 aliphatic heterocycles. The number of nitrogens with zero attached hydrogens (tertiary/aromatic N) is 2. The number of thioether (sulfide) groups is 1. The first-order valence-electron chi connectivity index (χ1n) is 5.98. The quantitative estimate of drug-likeness (QED) is 0.893. The number of hydrogen-bond acceptors (Lipinski definition) is 5. The Morgan fingerprint density at radius 2 is 2.12 bits per heavy atom. The predicted octanol–water partition coefficient (Wildman–Crippen LogP) is 2.57. The second-order valence-electron chi connectivity index (χ2n) is 4.28. The minimum atomic E-state index is 0.505. The van der Waals surface area contributed by atoms with E-state index in [0.717, 1.165) is 5.25 Å². The van der Waals surface area contributed by atoms with E-state index in [-0.39, 0.29) is 0 Å². The number of anilines is 1. The molecule has 1 aliphatic carbocycles. The molecule has 0 aromatic carbocycles. The molecule has 1 aromatic heterocycles. The van der Waals surface area contributed by atoms with Gasteiger partial charge in [0.05, 0.1) is 7.11 Å². The molecule has 5 heteroatoms. The van der Waals surface area contributed by atoms with E-state index in [1.165, 1.54) is 25.7 Å². The molecule has 0 amide bonds. The maximum Gasteiger partial charge on any atom is 0.226 e. The lowest BCUT2D eigenvalue weighted by Gasteiger charge is -2.27. The van der Waals surface area contributed by atoms with Gasteiger partial charge >= 0.3 is 0 Å². The van der Waals surface area contributed by atoms with Gasteiger partial charge in [-0.15, -0.1) is 0 Å². The highest BCUT2D eigenvalue weighted by Gasteiger charge is 2.20. The highest BCUT2D eigenvalue weighted by Crippen LogP contribution is 2.28. The van der Waals surface area contributed by atoms with Crippen molar-refractivity contribution < 1.29 is 4.74 Å². The third-order valence-corrected chi connectivity index (χ3v) is 4.32. The first-order valence-corrected chi connectivity index (χ1v) is 7.27. The molecule has 1 aliphatic rings. The average molecular weight is 253 g/mol. The lowest BCUT2D eigenvalue weighted by molar-refractivity contribution is 0.396. The molecule has 0 saturated heterocycles. The fourth-order valence-corrected chi connectivity index (χ4v) is 2.89. The maximum atomic E-state index is 5.08. The summed E-state index contributed by atoms with van der Waals surface area (Å²) in [7, 11) is 1.62. The molecule has 0 atom stereocenters. The van der Waals surface area contributed by atoms with Crippen LogP contribution in [-0.4, -0.2) is 34.6 Å². The van der Waals surface area contributed by atoms with Crippen LogP contribution in [0.1, 0.15) is 25.7 Å². The zero-order chi connectivity index (χ0) is 12.1. The Bertz CT molecular complexity index is 353. The molecule has 17 heavy (non-hydrogen) atoms. The van der Waals surface area contributed by atoms with Gasteiger partial charge in [0.1, 0.15) is 0 Å². The minimum absolute atomic E-state index is 0.505. The van der Waals surface area contributed by atoms with Crippen molar-refractivity contribution in [3.63, 3.8) is 0 Å². The topological polar surface area (TPSA) is 47.0 Å². The number of aromatic nitrogens is 2. The molecule has 4 nitrogen and oxygen atoms in total. The second-order valence-corrected chi connectivity index (χ2v) is 5.41. The molecule has 1 N–H and O–H groups in total. The van der Waals surface area contributed by atoms with Crippen LogP contribution in [0.15, 0.2) is 12.3 Å². The van der Waals surface area contributed by atoms with E-state index < -0.39 is 0 Å². The number of rotatable bonds is 4. The van der Waals surface area contributed by atoms with E-state index >= 15 is 0 Å². The highest BCUT2D eigenvalue weighted by atomic mass is 32.2. The van der Waals surface area contributed by atoms with Crippen LogP contribution < -0.4 is 10.1 Å². The molecule has 1 heterocycles. The first-order chi connectivity index (χ1) is 8.31. The lowest BCUT2D eigenvalue weighted by atomic mass is 9.95. The Kier molecular flexibility index (Phi) is 4.48. The van der Waals surface area contributed by atoms with E-state index in [4.69, 9.17) is 4.74 Å². The van der Waals surface area contributed by atoms with Crippen LogP contribution in [-0.2, 0) is 0 Å². The summed E-state index contributed by atoms with van der Waals surface area (Å²) in [4.78, 5) is 8.49. The normalized spacial score (nSPS) is 24.4. The van der Waals surface area contributed by atoms with Gasteiger partial charge in [0, 0.05) is 23.6 Å². The van der Waals surface area contributed by atoms with Crippen LogP contribution in [0.2, 0.25) is 0 Å². The summed E-state index contributed by atoms with van der Waals surface area (Å²) in [5.41, 5.74) is 0. The first kappa shape index (κ1) is 12.5. The van der Waals surface area contributed by atoms with Gasteiger partial charge in [-0.3, -0.25) is 0 Å². The number of nitrogens with one attached hydrogen (secondary N) is 1. The summed E-state index contributed by atoms with van der Waals surface area (Å²) in [6.45, 7) is 0. The maximum absolute atomic E-state index is 5.08. The van der Waals surface area contributed by atoms with Crippen molar-refractivity contribution in [1.29, 1.82) is 0 Å². The van der Waals surface area contributed by atoms with Crippen molar-refractivity contribution >= 4 is 17.7 Å². The molecule has 0 radical (unpaired) electrons. The molecule has 1 fully saturated rings. The average Bonchev–Trinajstić information content (AvgIpc) is 2.40. The summed E-state index contributed by atoms with van der Waals surface area (Å²) in [6, 6.07) is 2.26. The summed E-state index contributed by atoms with van der Waals surface area (Å²) in [6.07, 6.45) is 8.88. The Hall–Kier alpha value is -0.970. The molecule has 0 bridgehead atoms. The largest absolute Gasteiger partial charge is 0.481 e. The van der Waals surface area contributed by atoms with Crippen molar-refractivity contribution in [2.45, 2.75) is 37.0 Å². The lowest BCUT2D eigenvalue weighted by Crippen LogP contribution is -2.27. The SMILES string of the molecule is COc1ccnc(NC2CCC(SC)CC2)n1. The standard InChI is InChI=1S/C12H19N3OS/c1-16-11-7-8-13-12(15-11)14-9-3-5-10(17-2)6-4-9/h7-10H,3-6H2,1-2H3,(H,13,14,15). The van der Waals surface area contributed by atoms with Crippen LogP contribution in [0, 0.1) is 0 Å². The van der Waals surface area contributed by atoms with Crippen LogP contribution >= 0.6 is 11.8 Å². The molecule has 1 aromatic rings. The molecule has 2 rings (SSSR count). The van der Waals surface area contributed by atoms with E-state index in [2.05, 4.69) is 21.5 Å². The third-order valence-electron chi connectivity index (χ3n) is 3.18. The predicted molar refractivity (Wildman–Crippen MR) is 71.8 cm³/mol. The molecular weight excluding hydrogens is 234 g/mol. The van der Waals surface area contributed by atoms with Crippen LogP contribution in [0.5, 0.6) is 5.88 Å². The molecule has 1 saturated carbocycles. The Labute approximate surface area is 107 Å². The summed E-state index contributed by atoms with van der Waals surface area (Å²) in [5.74, 6) is 1.29. The van der Waals surface area contributed by atoms with Gasteiger partial charge in [0.15, 0.2) is 0 Å². The van der Waals surface area contributed by atoms with Gasteiger partial charge in [0.2, 0.25) is 11.8 Å². The van der Waals surface area contributed by atoms with Gasteiger partial charge in [-0.25, -0.2) is 4.98 Å². The minimum Gasteiger partial charge on any atom is -0.481 e. The van der Waals surface area contributed by atoms with Crippen molar-refractivity contribution in [2.24, 2.45) is 0 Å².